The molecule has 1 aromatic carbocycles. The summed E-state index contributed by atoms with van der Waals surface area (Å²) < 4.78 is 13.2. The number of nitrogens with zero attached hydrogens (tertiary/aromatic N) is 3. The minimum absolute atomic E-state index is 0.643. The minimum Gasteiger partial charge on any atom is -0.384 e. The Hall–Kier alpha value is -1.98. The fourth-order valence-electron chi connectivity index (χ4n) is 3.58. The van der Waals surface area contributed by atoms with E-state index in [4.69, 9.17) is 14.5 Å². The van der Waals surface area contributed by atoms with E-state index in [0.29, 0.717) is 12.5 Å². The zero-order chi connectivity index (χ0) is 16.4. The van der Waals surface area contributed by atoms with E-state index in [1.54, 1.807) is 7.11 Å². The Morgan fingerprint density at radius 3 is 2.88 bits per heavy atom. The topological polar surface area (TPSA) is 49.2 Å². The molecule has 0 saturated carbocycles. The van der Waals surface area contributed by atoms with Gasteiger partial charge in [0.05, 0.1) is 23.8 Å². The summed E-state index contributed by atoms with van der Waals surface area (Å²) in [5.41, 5.74) is 3.21. The molecule has 126 valence electrons. The monoisotopic (exact) mass is 325 g/mol. The molecule has 0 amide bonds. The Kier molecular flexibility index (Phi) is 4.45. The van der Waals surface area contributed by atoms with Crippen molar-refractivity contribution in [3.8, 4) is 0 Å². The van der Waals surface area contributed by atoms with Crippen LogP contribution >= 0.6 is 0 Å². The van der Waals surface area contributed by atoms with Gasteiger partial charge in [-0.15, -0.1) is 0 Å². The normalized spacial score (nSPS) is 16.2. The molecule has 3 aromatic rings. The molecule has 1 aliphatic heterocycles. The molecule has 24 heavy (non-hydrogen) atoms. The summed E-state index contributed by atoms with van der Waals surface area (Å²) >= 11 is 0. The number of rotatable bonds is 5. The highest BCUT2D eigenvalue weighted by Gasteiger charge is 2.19. The third-order valence-electron chi connectivity index (χ3n) is 4.87. The highest BCUT2D eigenvalue weighted by molar-refractivity contribution is 6.02. The first kappa shape index (κ1) is 15.5. The van der Waals surface area contributed by atoms with Gasteiger partial charge in [0, 0.05) is 38.7 Å². The van der Waals surface area contributed by atoms with Gasteiger partial charge in [0.25, 0.3) is 0 Å². The van der Waals surface area contributed by atoms with Crippen molar-refractivity contribution in [2.24, 2.45) is 5.92 Å². The van der Waals surface area contributed by atoms with E-state index in [9.17, 15) is 0 Å². The lowest BCUT2D eigenvalue weighted by Gasteiger charge is -2.23. The first-order chi connectivity index (χ1) is 11.9. The number of para-hydroxylation sites is 1. The average Bonchev–Trinajstić information content (AvgIpc) is 2.99. The maximum atomic E-state index is 5.52. The van der Waals surface area contributed by atoms with Gasteiger partial charge in [0.1, 0.15) is 11.3 Å². The van der Waals surface area contributed by atoms with Crippen LogP contribution in [-0.4, -0.2) is 41.5 Å². The van der Waals surface area contributed by atoms with E-state index < -0.39 is 0 Å². The zero-order valence-corrected chi connectivity index (χ0v) is 14.1. The second-order valence-corrected chi connectivity index (χ2v) is 6.45. The second kappa shape index (κ2) is 6.87. The predicted octanol–water partition coefficient (Wildman–Crippen LogP) is 3.20. The molecular formula is C19H23N3O2. The van der Waals surface area contributed by atoms with Gasteiger partial charge in [-0.3, -0.25) is 4.98 Å². The first-order valence-electron chi connectivity index (χ1n) is 8.66. The number of methoxy groups -OCH3 is 1. The van der Waals surface area contributed by atoms with Crippen LogP contribution < -0.4 is 0 Å². The third kappa shape index (κ3) is 2.89. The van der Waals surface area contributed by atoms with E-state index in [0.717, 1.165) is 55.9 Å². The van der Waals surface area contributed by atoms with Crippen molar-refractivity contribution in [3.63, 3.8) is 0 Å². The number of benzene rings is 1. The highest BCUT2D eigenvalue weighted by atomic mass is 16.5. The fourth-order valence-corrected chi connectivity index (χ4v) is 3.58. The summed E-state index contributed by atoms with van der Waals surface area (Å²) in [6.45, 7) is 3.41. The van der Waals surface area contributed by atoms with Crippen LogP contribution in [0.1, 0.15) is 18.7 Å². The Balaban J connectivity index is 1.83. The fraction of sp³-hybridized carbons (Fsp3) is 0.474. The van der Waals surface area contributed by atoms with E-state index in [1.165, 1.54) is 10.9 Å². The summed E-state index contributed by atoms with van der Waals surface area (Å²) in [4.78, 5) is 9.42. The van der Waals surface area contributed by atoms with Gasteiger partial charge in [-0.05, 0) is 24.8 Å². The van der Waals surface area contributed by atoms with Gasteiger partial charge in [-0.25, -0.2) is 4.98 Å². The SMILES string of the molecule is COCCc1nc2cnc3ccccc3c2n1CC1CCOCC1. The minimum atomic E-state index is 0.643. The number of ether oxygens (including phenoxy) is 2. The molecule has 1 fully saturated rings. The quantitative estimate of drug-likeness (QED) is 0.723. The van der Waals surface area contributed by atoms with E-state index in [1.807, 2.05) is 12.3 Å². The number of imidazole rings is 1. The van der Waals surface area contributed by atoms with Crippen LogP contribution in [0.5, 0.6) is 0 Å². The van der Waals surface area contributed by atoms with Crippen molar-refractivity contribution in [1.29, 1.82) is 0 Å². The summed E-state index contributed by atoms with van der Waals surface area (Å²) in [5.74, 6) is 1.74. The molecule has 0 spiro atoms. The molecule has 0 radical (unpaired) electrons. The van der Waals surface area contributed by atoms with Gasteiger partial charge in [0.15, 0.2) is 0 Å². The summed E-state index contributed by atoms with van der Waals surface area (Å²) in [6.07, 6.45) is 4.95. The molecule has 4 rings (SSSR count). The molecule has 5 heteroatoms. The van der Waals surface area contributed by atoms with Crippen molar-refractivity contribution >= 4 is 21.9 Å². The molecular weight excluding hydrogens is 302 g/mol. The Labute approximate surface area is 141 Å². The first-order valence-corrected chi connectivity index (χ1v) is 8.66. The number of pyridine rings is 1. The molecule has 0 unspecified atom stereocenters. The van der Waals surface area contributed by atoms with Gasteiger partial charge in [0.2, 0.25) is 0 Å². The molecule has 1 aliphatic rings. The standard InChI is InChI=1S/C19H23N3O2/c1-23-9-8-18-21-17-12-20-16-5-3-2-4-15(16)19(17)22(18)13-14-6-10-24-11-7-14/h2-5,12,14H,6-11,13H2,1H3. The van der Waals surface area contributed by atoms with Crippen molar-refractivity contribution < 1.29 is 9.47 Å². The summed E-state index contributed by atoms with van der Waals surface area (Å²) in [6, 6.07) is 8.32. The Morgan fingerprint density at radius 1 is 1.21 bits per heavy atom. The van der Waals surface area contributed by atoms with Crippen LogP contribution in [0.2, 0.25) is 0 Å². The van der Waals surface area contributed by atoms with Crippen LogP contribution in [0.15, 0.2) is 30.5 Å². The van der Waals surface area contributed by atoms with Crippen LogP contribution in [0.4, 0.5) is 0 Å². The molecule has 0 aliphatic carbocycles. The van der Waals surface area contributed by atoms with Crippen LogP contribution in [0.25, 0.3) is 21.9 Å². The predicted molar refractivity (Wildman–Crippen MR) is 94.2 cm³/mol. The lowest BCUT2D eigenvalue weighted by molar-refractivity contribution is 0.0612. The number of hydrogen-bond acceptors (Lipinski definition) is 4. The number of fused-ring (bicyclic) bond motifs is 3. The zero-order valence-electron chi connectivity index (χ0n) is 14.1. The van der Waals surface area contributed by atoms with Crippen LogP contribution in [0.3, 0.4) is 0 Å². The van der Waals surface area contributed by atoms with Gasteiger partial charge < -0.3 is 14.0 Å². The molecule has 0 bridgehead atoms. The maximum Gasteiger partial charge on any atom is 0.112 e. The third-order valence-corrected chi connectivity index (χ3v) is 4.87. The van der Waals surface area contributed by atoms with Gasteiger partial charge in [-0.2, -0.15) is 0 Å². The summed E-state index contributed by atoms with van der Waals surface area (Å²) in [5, 5.41) is 1.18. The van der Waals surface area contributed by atoms with Gasteiger partial charge >= 0.3 is 0 Å². The van der Waals surface area contributed by atoms with Crippen molar-refractivity contribution in [1.82, 2.24) is 14.5 Å². The Bertz CT molecular complexity index is 837. The van der Waals surface area contributed by atoms with E-state index >= 15 is 0 Å². The molecule has 0 N–H and O–H groups in total. The molecule has 0 atom stereocenters. The van der Waals surface area contributed by atoms with E-state index in [2.05, 4.69) is 27.8 Å². The smallest absolute Gasteiger partial charge is 0.112 e. The highest BCUT2D eigenvalue weighted by Crippen LogP contribution is 2.27. The molecule has 2 aromatic heterocycles. The Morgan fingerprint density at radius 2 is 2.04 bits per heavy atom. The molecule has 5 nitrogen and oxygen atoms in total. The maximum absolute atomic E-state index is 5.52. The van der Waals surface area contributed by atoms with Crippen molar-refractivity contribution in [3.05, 3.63) is 36.3 Å². The summed E-state index contributed by atoms with van der Waals surface area (Å²) in [7, 11) is 1.74. The van der Waals surface area contributed by atoms with Crippen molar-refractivity contribution in [2.75, 3.05) is 26.9 Å². The lowest BCUT2D eigenvalue weighted by Crippen LogP contribution is -2.21. The number of hydrogen-bond donors (Lipinski definition) is 0. The van der Waals surface area contributed by atoms with Crippen LogP contribution in [-0.2, 0) is 22.4 Å². The number of aromatic nitrogens is 3. The molecule has 1 saturated heterocycles. The van der Waals surface area contributed by atoms with E-state index in [-0.39, 0.29) is 0 Å². The second-order valence-electron chi connectivity index (χ2n) is 6.45. The largest absolute Gasteiger partial charge is 0.384 e. The van der Waals surface area contributed by atoms with Crippen LogP contribution in [0, 0.1) is 5.92 Å². The van der Waals surface area contributed by atoms with Gasteiger partial charge in [-0.1, -0.05) is 18.2 Å². The molecule has 3 heterocycles. The lowest BCUT2D eigenvalue weighted by atomic mass is 10.00. The average molecular weight is 325 g/mol. The van der Waals surface area contributed by atoms with Crippen molar-refractivity contribution in [2.45, 2.75) is 25.8 Å².